The number of methoxy groups -OCH3 is 1. The molecule has 0 fully saturated rings. The van der Waals surface area contributed by atoms with E-state index in [9.17, 15) is 13.2 Å². The number of ether oxygens (including phenoxy) is 1. The summed E-state index contributed by atoms with van der Waals surface area (Å²) in [5, 5.41) is 0. The first-order valence-corrected chi connectivity index (χ1v) is 5.64. The van der Waals surface area contributed by atoms with Crippen molar-refractivity contribution in [1.29, 1.82) is 0 Å². The molecule has 102 valence electrons. The second-order valence-electron chi connectivity index (χ2n) is 4.18. The summed E-state index contributed by atoms with van der Waals surface area (Å²) in [5.41, 5.74) is 1.10. The van der Waals surface area contributed by atoms with E-state index < -0.39 is 12.0 Å². The molecule has 0 radical (unpaired) electrons. The van der Waals surface area contributed by atoms with Gasteiger partial charge in [0.15, 0.2) is 0 Å². The Morgan fingerprint density at radius 3 is 2.37 bits per heavy atom. The number of aryl methyl sites for hydroxylation is 1. The van der Waals surface area contributed by atoms with Crippen LogP contribution in [0.3, 0.4) is 0 Å². The molecule has 0 amide bonds. The lowest BCUT2D eigenvalue weighted by atomic mass is 10.2. The van der Waals surface area contributed by atoms with Crippen LogP contribution in [0.1, 0.15) is 17.1 Å². The van der Waals surface area contributed by atoms with Crippen LogP contribution in [-0.2, 0) is 12.7 Å². The Morgan fingerprint density at radius 1 is 1.21 bits per heavy atom. The average Bonchev–Trinajstić information content (AvgIpc) is 2.71. The predicted octanol–water partition coefficient (Wildman–Crippen LogP) is 3.27. The third kappa shape index (κ3) is 3.07. The Labute approximate surface area is 108 Å². The fourth-order valence-corrected chi connectivity index (χ4v) is 1.82. The van der Waals surface area contributed by atoms with Gasteiger partial charge < -0.3 is 9.30 Å². The van der Waals surface area contributed by atoms with E-state index in [0.717, 1.165) is 10.1 Å². The van der Waals surface area contributed by atoms with Gasteiger partial charge in [-0.05, 0) is 24.6 Å². The van der Waals surface area contributed by atoms with E-state index in [2.05, 4.69) is 4.98 Å². The lowest BCUT2D eigenvalue weighted by molar-refractivity contribution is -0.147. The smallest absolute Gasteiger partial charge is 0.449 e. The molecule has 3 nitrogen and oxygen atoms in total. The van der Waals surface area contributed by atoms with Gasteiger partial charge in [0.05, 0.1) is 12.8 Å². The maximum absolute atomic E-state index is 12.8. The first kappa shape index (κ1) is 13.5. The number of hydrogen-bond donors (Lipinski definition) is 0. The van der Waals surface area contributed by atoms with E-state index in [1.165, 1.54) is 13.3 Å². The zero-order chi connectivity index (χ0) is 14.0. The number of hydrogen-bond acceptors (Lipinski definition) is 2. The molecule has 1 heterocycles. The Balaban J connectivity index is 2.27. The quantitative estimate of drug-likeness (QED) is 0.856. The van der Waals surface area contributed by atoms with Crippen molar-refractivity contribution in [1.82, 2.24) is 9.55 Å². The number of imidazole rings is 1. The van der Waals surface area contributed by atoms with Crippen LogP contribution in [0.15, 0.2) is 30.5 Å². The van der Waals surface area contributed by atoms with Crippen LogP contribution in [0, 0.1) is 6.92 Å². The van der Waals surface area contributed by atoms with E-state index in [1.54, 1.807) is 31.2 Å². The Bertz CT molecular complexity index is 558. The largest absolute Gasteiger partial charge is 0.497 e. The van der Waals surface area contributed by atoms with Gasteiger partial charge >= 0.3 is 6.18 Å². The summed E-state index contributed by atoms with van der Waals surface area (Å²) in [6, 6.07) is 6.89. The van der Waals surface area contributed by atoms with E-state index >= 15 is 0 Å². The normalized spacial score (nSPS) is 11.6. The highest BCUT2D eigenvalue weighted by Crippen LogP contribution is 2.29. The van der Waals surface area contributed by atoms with Gasteiger partial charge in [0, 0.05) is 12.7 Å². The number of alkyl halides is 3. The van der Waals surface area contributed by atoms with Crippen molar-refractivity contribution in [3.63, 3.8) is 0 Å². The molecule has 0 spiro atoms. The highest BCUT2D eigenvalue weighted by Gasteiger charge is 2.36. The van der Waals surface area contributed by atoms with Gasteiger partial charge in [0.25, 0.3) is 0 Å². The van der Waals surface area contributed by atoms with Crippen LogP contribution >= 0.6 is 0 Å². The lowest BCUT2D eigenvalue weighted by Crippen LogP contribution is -2.15. The maximum Gasteiger partial charge on any atom is 0.449 e. The molecule has 19 heavy (non-hydrogen) atoms. The minimum Gasteiger partial charge on any atom is -0.497 e. The molecule has 1 aromatic carbocycles. The topological polar surface area (TPSA) is 27.1 Å². The minimum absolute atomic E-state index is 0.125. The summed E-state index contributed by atoms with van der Waals surface area (Å²) in [6.45, 7) is 1.67. The van der Waals surface area contributed by atoms with Gasteiger partial charge in [0.1, 0.15) is 5.75 Å². The molecule has 0 aliphatic carbocycles. The molecule has 1 aromatic heterocycles. The van der Waals surface area contributed by atoms with Gasteiger partial charge in [-0.15, -0.1) is 0 Å². The van der Waals surface area contributed by atoms with Crippen LogP contribution in [-0.4, -0.2) is 16.7 Å². The van der Waals surface area contributed by atoms with Crippen molar-refractivity contribution in [2.75, 3.05) is 7.11 Å². The lowest BCUT2D eigenvalue weighted by Gasteiger charge is -2.10. The average molecular weight is 270 g/mol. The van der Waals surface area contributed by atoms with Crippen molar-refractivity contribution in [3.05, 3.63) is 47.5 Å². The Kier molecular flexibility index (Phi) is 3.50. The molecule has 0 aliphatic rings. The molecule has 0 bridgehead atoms. The molecule has 2 rings (SSSR count). The Hall–Kier alpha value is -1.98. The third-order valence-electron chi connectivity index (χ3n) is 2.66. The first-order valence-electron chi connectivity index (χ1n) is 5.64. The highest BCUT2D eigenvalue weighted by atomic mass is 19.4. The van der Waals surface area contributed by atoms with E-state index in [1.807, 2.05) is 0 Å². The summed E-state index contributed by atoms with van der Waals surface area (Å²) in [7, 11) is 1.54. The van der Waals surface area contributed by atoms with Crippen molar-refractivity contribution in [3.8, 4) is 5.75 Å². The summed E-state index contributed by atoms with van der Waals surface area (Å²) >= 11 is 0. The van der Waals surface area contributed by atoms with Crippen LogP contribution < -0.4 is 4.74 Å². The zero-order valence-electron chi connectivity index (χ0n) is 10.5. The zero-order valence-corrected chi connectivity index (χ0v) is 10.5. The number of rotatable bonds is 3. The molecule has 0 saturated heterocycles. The van der Waals surface area contributed by atoms with Crippen LogP contribution in [0.25, 0.3) is 0 Å². The molecule has 2 aromatic rings. The van der Waals surface area contributed by atoms with Crippen molar-refractivity contribution < 1.29 is 17.9 Å². The molecule has 0 saturated carbocycles. The standard InChI is InChI=1S/C13H13F3N2O/c1-9-7-18(12(17-9)13(14,15)16)8-10-3-5-11(19-2)6-4-10/h3-7H,8H2,1-2H3. The molecule has 0 atom stereocenters. The van der Waals surface area contributed by atoms with E-state index in [-0.39, 0.29) is 6.54 Å². The minimum atomic E-state index is -4.44. The predicted molar refractivity (Wildman–Crippen MR) is 64.1 cm³/mol. The molecule has 0 unspecified atom stereocenters. The van der Waals surface area contributed by atoms with Gasteiger partial charge in [-0.3, -0.25) is 0 Å². The van der Waals surface area contributed by atoms with Gasteiger partial charge in [0.2, 0.25) is 5.82 Å². The molecular weight excluding hydrogens is 257 g/mol. The third-order valence-corrected chi connectivity index (χ3v) is 2.66. The van der Waals surface area contributed by atoms with Crippen LogP contribution in [0.4, 0.5) is 13.2 Å². The highest BCUT2D eigenvalue weighted by molar-refractivity contribution is 5.27. The number of nitrogens with zero attached hydrogens (tertiary/aromatic N) is 2. The summed E-state index contributed by atoms with van der Waals surface area (Å²) in [6.07, 6.45) is -3.05. The summed E-state index contributed by atoms with van der Waals surface area (Å²) in [5.74, 6) is -0.206. The second-order valence-corrected chi connectivity index (χ2v) is 4.18. The monoisotopic (exact) mass is 270 g/mol. The van der Waals surface area contributed by atoms with Crippen molar-refractivity contribution in [2.45, 2.75) is 19.6 Å². The molecule has 0 aliphatic heterocycles. The fraction of sp³-hybridized carbons (Fsp3) is 0.308. The van der Waals surface area contributed by atoms with E-state index in [0.29, 0.717) is 11.4 Å². The van der Waals surface area contributed by atoms with Crippen LogP contribution in [0.2, 0.25) is 0 Å². The van der Waals surface area contributed by atoms with E-state index in [4.69, 9.17) is 4.74 Å². The molecular formula is C13H13F3N2O. The maximum atomic E-state index is 12.8. The Morgan fingerprint density at radius 2 is 1.84 bits per heavy atom. The first-order chi connectivity index (χ1) is 8.90. The van der Waals surface area contributed by atoms with Gasteiger partial charge in [-0.2, -0.15) is 13.2 Å². The SMILES string of the molecule is COc1ccc(Cn2cc(C)nc2C(F)(F)F)cc1. The summed E-state index contributed by atoms with van der Waals surface area (Å²) in [4.78, 5) is 3.53. The van der Waals surface area contributed by atoms with Crippen LogP contribution in [0.5, 0.6) is 5.75 Å². The molecule has 0 N–H and O–H groups in total. The van der Waals surface area contributed by atoms with Gasteiger partial charge in [-0.25, -0.2) is 4.98 Å². The van der Waals surface area contributed by atoms with Crippen molar-refractivity contribution in [2.24, 2.45) is 0 Å². The number of halogens is 3. The fourth-order valence-electron chi connectivity index (χ4n) is 1.82. The summed E-state index contributed by atoms with van der Waals surface area (Å²) < 4.78 is 44.5. The number of aromatic nitrogens is 2. The van der Waals surface area contributed by atoms with Crippen molar-refractivity contribution >= 4 is 0 Å². The second kappa shape index (κ2) is 4.95. The van der Waals surface area contributed by atoms with Gasteiger partial charge in [-0.1, -0.05) is 12.1 Å². The molecule has 6 heteroatoms. The number of benzene rings is 1.